The van der Waals surface area contributed by atoms with Gasteiger partial charge in [0.1, 0.15) is 5.75 Å². The van der Waals surface area contributed by atoms with Gasteiger partial charge in [0.25, 0.3) is 0 Å². The fourth-order valence-electron chi connectivity index (χ4n) is 1.56. The normalized spacial score (nSPS) is 18.1. The Morgan fingerprint density at radius 2 is 2.23 bits per heavy atom. The maximum Gasteiger partial charge on any atom is 0.310 e. The van der Waals surface area contributed by atoms with E-state index in [1.54, 1.807) is 6.07 Å². The first-order chi connectivity index (χ1) is 6.15. The molecule has 0 N–H and O–H groups in total. The van der Waals surface area contributed by atoms with Crippen molar-refractivity contribution in [2.45, 2.75) is 19.3 Å². The minimum Gasteiger partial charge on any atom is -0.486 e. The van der Waals surface area contributed by atoms with E-state index in [1.807, 2.05) is 13.0 Å². The van der Waals surface area contributed by atoms with Gasteiger partial charge in [-0.05, 0) is 18.1 Å². The highest BCUT2D eigenvalue weighted by molar-refractivity contribution is 5.46. The first-order valence-electron chi connectivity index (χ1n) is 4.28. The van der Waals surface area contributed by atoms with Gasteiger partial charge in [-0.3, -0.25) is 0 Å². The topological polar surface area (TPSA) is 9.23 Å². The number of benzene rings is 1. The van der Waals surface area contributed by atoms with Crippen LogP contribution in [0.25, 0.3) is 0 Å². The number of hydrogen-bond acceptors (Lipinski definition) is 1. The molecule has 0 fully saturated rings. The molecule has 0 unspecified atom stereocenters. The highest BCUT2D eigenvalue weighted by atomic mass is 19.3. The molecule has 0 amide bonds. The van der Waals surface area contributed by atoms with E-state index >= 15 is 0 Å². The third-order valence-corrected chi connectivity index (χ3v) is 2.27. The molecule has 1 aromatic carbocycles. The van der Waals surface area contributed by atoms with Crippen LogP contribution in [0.4, 0.5) is 8.78 Å². The highest BCUT2D eigenvalue weighted by Gasteiger charge is 2.41. The smallest absolute Gasteiger partial charge is 0.310 e. The maximum atomic E-state index is 13.1. The van der Waals surface area contributed by atoms with E-state index in [9.17, 15) is 8.78 Å². The Hall–Kier alpha value is -1.12. The van der Waals surface area contributed by atoms with Crippen molar-refractivity contribution < 1.29 is 13.5 Å². The van der Waals surface area contributed by atoms with Gasteiger partial charge in [0.2, 0.25) is 0 Å². The van der Waals surface area contributed by atoms with Crippen molar-refractivity contribution in [3.05, 3.63) is 29.3 Å². The molecule has 0 aliphatic carbocycles. The maximum absolute atomic E-state index is 13.1. The Balaban J connectivity index is 2.56. The number of halogens is 2. The van der Waals surface area contributed by atoms with E-state index in [2.05, 4.69) is 0 Å². The van der Waals surface area contributed by atoms with Crippen LogP contribution < -0.4 is 4.74 Å². The van der Waals surface area contributed by atoms with Gasteiger partial charge in [0, 0.05) is 0 Å². The summed E-state index contributed by atoms with van der Waals surface area (Å²) in [5, 5.41) is 0. The number of hydrogen-bond donors (Lipinski definition) is 0. The Morgan fingerprint density at radius 1 is 1.46 bits per heavy atom. The first kappa shape index (κ1) is 8.48. The van der Waals surface area contributed by atoms with Crippen LogP contribution in [0.3, 0.4) is 0 Å². The largest absolute Gasteiger partial charge is 0.486 e. The van der Waals surface area contributed by atoms with Gasteiger partial charge in [-0.25, -0.2) is 0 Å². The van der Waals surface area contributed by atoms with E-state index in [0.717, 1.165) is 12.0 Å². The van der Waals surface area contributed by atoms with Gasteiger partial charge in [0.05, 0.1) is 5.56 Å². The van der Waals surface area contributed by atoms with Crippen LogP contribution >= 0.6 is 0 Å². The van der Waals surface area contributed by atoms with Gasteiger partial charge >= 0.3 is 5.92 Å². The lowest BCUT2D eigenvalue weighted by atomic mass is 10.0. The average molecular weight is 184 g/mol. The van der Waals surface area contributed by atoms with Crippen molar-refractivity contribution in [2.24, 2.45) is 0 Å². The van der Waals surface area contributed by atoms with Gasteiger partial charge < -0.3 is 4.74 Å². The predicted octanol–water partition coefficient (Wildman–Crippen LogP) is 2.73. The summed E-state index contributed by atoms with van der Waals surface area (Å²) in [6, 6.07) is 4.90. The quantitative estimate of drug-likeness (QED) is 0.652. The van der Waals surface area contributed by atoms with Gasteiger partial charge in [-0.15, -0.1) is 0 Å². The van der Waals surface area contributed by atoms with E-state index < -0.39 is 12.5 Å². The molecule has 0 aromatic heterocycles. The van der Waals surface area contributed by atoms with Crippen LogP contribution in [0.2, 0.25) is 0 Å². The number of aryl methyl sites for hydroxylation is 1. The Morgan fingerprint density at radius 3 is 2.92 bits per heavy atom. The summed E-state index contributed by atoms with van der Waals surface area (Å²) < 4.78 is 31.2. The van der Waals surface area contributed by atoms with Crippen molar-refractivity contribution in [3.8, 4) is 5.75 Å². The van der Waals surface area contributed by atoms with E-state index in [-0.39, 0.29) is 5.56 Å². The summed E-state index contributed by atoms with van der Waals surface area (Å²) >= 11 is 0. The van der Waals surface area contributed by atoms with E-state index in [4.69, 9.17) is 4.74 Å². The van der Waals surface area contributed by atoms with E-state index in [0.29, 0.717) is 5.75 Å². The van der Waals surface area contributed by atoms with Crippen LogP contribution in [0.15, 0.2) is 18.2 Å². The molecule has 1 heterocycles. The minimum atomic E-state index is -2.81. The lowest BCUT2D eigenvalue weighted by Crippen LogP contribution is -2.14. The summed E-state index contributed by atoms with van der Waals surface area (Å²) in [5.74, 6) is -2.42. The van der Waals surface area contributed by atoms with Crippen LogP contribution in [-0.2, 0) is 12.3 Å². The van der Waals surface area contributed by atoms with Crippen LogP contribution in [0, 0.1) is 0 Å². The van der Waals surface area contributed by atoms with Gasteiger partial charge in [0.15, 0.2) is 6.61 Å². The van der Waals surface area contributed by atoms with Crippen molar-refractivity contribution in [1.29, 1.82) is 0 Å². The van der Waals surface area contributed by atoms with Gasteiger partial charge in [-0.2, -0.15) is 8.78 Å². The molecular weight excluding hydrogens is 174 g/mol. The lowest BCUT2D eigenvalue weighted by Gasteiger charge is -2.06. The molecule has 0 saturated carbocycles. The number of para-hydroxylation sites is 1. The van der Waals surface area contributed by atoms with E-state index in [1.165, 1.54) is 6.07 Å². The second-order valence-corrected chi connectivity index (χ2v) is 3.14. The molecule has 0 spiro atoms. The predicted molar refractivity (Wildman–Crippen MR) is 45.2 cm³/mol. The molecule has 1 nitrogen and oxygen atoms in total. The summed E-state index contributed by atoms with van der Waals surface area (Å²) in [6.07, 6.45) is 0.721. The van der Waals surface area contributed by atoms with Crippen molar-refractivity contribution in [2.75, 3.05) is 6.61 Å². The Kier molecular flexibility index (Phi) is 1.75. The molecule has 0 bridgehead atoms. The number of rotatable bonds is 1. The van der Waals surface area contributed by atoms with Crippen LogP contribution in [0.5, 0.6) is 5.75 Å². The second kappa shape index (κ2) is 2.69. The lowest BCUT2D eigenvalue weighted by molar-refractivity contribution is -0.0214. The molecule has 1 aromatic rings. The molecule has 3 heteroatoms. The van der Waals surface area contributed by atoms with Gasteiger partial charge in [-0.1, -0.05) is 19.1 Å². The number of ether oxygens (including phenoxy) is 1. The molecular formula is C10H10F2O. The average Bonchev–Trinajstić information content (AvgIpc) is 2.43. The zero-order chi connectivity index (χ0) is 9.47. The molecule has 1 aliphatic rings. The summed E-state index contributed by atoms with van der Waals surface area (Å²) in [6.45, 7) is 1.41. The SMILES string of the molecule is CCc1cccc2c1OCC2(F)F. The Bertz CT molecular complexity index is 334. The van der Waals surface area contributed by atoms with Crippen molar-refractivity contribution in [1.82, 2.24) is 0 Å². The molecule has 2 rings (SSSR count). The van der Waals surface area contributed by atoms with Crippen LogP contribution in [0.1, 0.15) is 18.1 Å². The minimum absolute atomic E-state index is 0.0341. The third kappa shape index (κ3) is 1.19. The second-order valence-electron chi connectivity index (χ2n) is 3.14. The summed E-state index contributed by atoms with van der Waals surface area (Å²) in [4.78, 5) is 0. The molecule has 0 saturated heterocycles. The Labute approximate surface area is 75.3 Å². The fraction of sp³-hybridized carbons (Fsp3) is 0.400. The standard InChI is InChI=1S/C10H10F2O/c1-2-7-4-3-5-8-9(7)13-6-10(8,11)12/h3-5H,2,6H2,1H3. The third-order valence-electron chi connectivity index (χ3n) is 2.27. The molecule has 0 atom stereocenters. The fourth-order valence-corrected chi connectivity index (χ4v) is 1.56. The van der Waals surface area contributed by atoms with Crippen molar-refractivity contribution >= 4 is 0 Å². The zero-order valence-electron chi connectivity index (χ0n) is 7.31. The molecule has 1 aliphatic heterocycles. The van der Waals surface area contributed by atoms with Crippen LogP contribution in [-0.4, -0.2) is 6.61 Å². The monoisotopic (exact) mass is 184 g/mol. The molecule has 13 heavy (non-hydrogen) atoms. The molecule has 0 radical (unpaired) electrons. The molecule has 70 valence electrons. The summed E-state index contributed by atoms with van der Waals surface area (Å²) in [7, 11) is 0. The highest BCUT2D eigenvalue weighted by Crippen LogP contribution is 2.42. The zero-order valence-corrected chi connectivity index (χ0v) is 7.31. The number of alkyl halides is 2. The van der Waals surface area contributed by atoms with Crippen molar-refractivity contribution in [3.63, 3.8) is 0 Å². The summed E-state index contributed by atoms with van der Waals surface area (Å²) in [5.41, 5.74) is 0.890. The first-order valence-corrected chi connectivity index (χ1v) is 4.28. The number of fused-ring (bicyclic) bond motifs is 1.